The number of rotatable bonds is 6. The number of thiophene rings is 1. The number of nitrogens with zero attached hydrogens (tertiary/aromatic N) is 1. The molecule has 2 aromatic heterocycles. The van der Waals surface area contributed by atoms with Crippen molar-refractivity contribution in [3.8, 4) is 17.0 Å². The van der Waals surface area contributed by atoms with E-state index in [4.69, 9.17) is 4.74 Å². The van der Waals surface area contributed by atoms with Crippen LogP contribution in [0.1, 0.15) is 21.7 Å². The third-order valence-corrected chi connectivity index (χ3v) is 5.57. The van der Waals surface area contributed by atoms with Gasteiger partial charge in [-0.05, 0) is 44.0 Å². The Hall–Kier alpha value is -2.18. The maximum Gasteiger partial charge on any atom is 0.226 e. The minimum Gasteiger partial charge on any atom is -0.497 e. The van der Waals surface area contributed by atoms with Gasteiger partial charge in [0.25, 0.3) is 0 Å². The Balaban J connectivity index is 1.59. The van der Waals surface area contributed by atoms with E-state index in [1.54, 1.807) is 18.4 Å². The summed E-state index contributed by atoms with van der Waals surface area (Å²) in [4.78, 5) is 19.3. The maximum atomic E-state index is 12.2. The first-order valence-electron chi connectivity index (χ1n) is 8.01. The molecule has 0 aliphatic heterocycles. The van der Waals surface area contributed by atoms with E-state index in [1.807, 2.05) is 29.6 Å². The molecule has 0 radical (unpaired) electrons. The molecule has 3 aromatic rings. The maximum absolute atomic E-state index is 12.2. The first-order valence-corrected chi connectivity index (χ1v) is 9.70. The molecule has 0 bridgehead atoms. The fourth-order valence-corrected chi connectivity index (χ4v) is 4.27. The summed E-state index contributed by atoms with van der Waals surface area (Å²) in [6.45, 7) is 4.19. The number of benzene rings is 1. The predicted molar refractivity (Wildman–Crippen MR) is 105 cm³/mol. The molecule has 130 valence electrons. The lowest BCUT2D eigenvalue weighted by molar-refractivity contribution is -0.116. The summed E-state index contributed by atoms with van der Waals surface area (Å²) < 4.78 is 5.21. The second-order valence-corrected chi connectivity index (χ2v) is 8.08. The molecule has 3 rings (SSSR count). The monoisotopic (exact) mass is 372 g/mol. The summed E-state index contributed by atoms with van der Waals surface area (Å²) in [5.74, 6) is 0.783. The summed E-state index contributed by atoms with van der Waals surface area (Å²) >= 11 is 3.22. The Bertz CT molecular complexity index is 883. The highest BCUT2D eigenvalue weighted by atomic mass is 32.1. The van der Waals surface area contributed by atoms with E-state index in [0.29, 0.717) is 18.0 Å². The molecule has 2 heterocycles. The van der Waals surface area contributed by atoms with E-state index >= 15 is 0 Å². The Labute approximate surface area is 155 Å². The van der Waals surface area contributed by atoms with Crippen LogP contribution in [0.2, 0.25) is 0 Å². The molecule has 0 aliphatic carbocycles. The summed E-state index contributed by atoms with van der Waals surface area (Å²) in [6.07, 6.45) is 1.09. The van der Waals surface area contributed by atoms with Crippen LogP contribution in [0.15, 0.2) is 35.7 Å². The van der Waals surface area contributed by atoms with Crippen LogP contribution in [0.5, 0.6) is 5.75 Å². The van der Waals surface area contributed by atoms with Crippen LogP contribution < -0.4 is 10.1 Å². The molecule has 1 aromatic carbocycles. The molecule has 0 saturated carbocycles. The number of anilines is 1. The lowest BCUT2D eigenvalue weighted by Gasteiger charge is -2.04. The number of nitrogens with one attached hydrogen (secondary N) is 1. The van der Waals surface area contributed by atoms with Crippen molar-refractivity contribution in [3.63, 3.8) is 0 Å². The number of aryl methyl sites for hydroxylation is 3. The molecular formula is C19H20N2O2S2. The Morgan fingerprint density at radius 1 is 1.28 bits per heavy atom. The fourth-order valence-electron chi connectivity index (χ4n) is 2.61. The molecule has 6 heteroatoms. The average Bonchev–Trinajstić information content (AvgIpc) is 3.19. The molecule has 0 atom stereocenters. The van der Waals surface area contributed by atoms with Crippen molar-refractivity contribution < 1.29 is 9.53 Å². The van der Waals surface area contributed by atoms with E-state index < -0.39 is 0 Å². The Morgan fingerprint density at radius 2 is 2.12 bits per heavy atom. The van der Waals surface area contributed by atoms with Gasteiger partial charge in [-0.25, -0.2) is 4.98 Å². The van der Waals surface area contributed by atoms with Crippen LogP contribution in [0.3, 0.4) is 0 Å². The van der Waals surface area contributed by atoms with Gasteiger partial charge in [-0.15, -0.1) is 22.7 Å². The number of carbonyl (C=O) groups is 1. The Morgan fingerprint density at radius 3 is 2.84 bits per heavy atom. The van der Waals surface area contributed by atoms with Gasteiger partial charge in [0.1, 0.15) is 5.75 Å². The second-order valence-electron chi connectivity index (χ2n) is 5.76. The molecule has 0 unspecified atom stereocenters. The van der Waals surface area contributed by atoms with Crippen molar-refractivity contribution in [3.05, 3.63) is 51.0 Å². The molecule has 4 nitrogen and oxygen atoms in total. The van der Waals surface area contributed by atoms with Gasteiger partial charge in [0.05, 0.1) is 12.8 Å². The molecule has 1 amide bonds. The summed E-state index contributed by atoms with van der Waals surface area (Å²) in [6, 6.07) is 9.93. The largest absolute Gasteiger partial charge is 0.497 e. The van der Waals surface area contributed by atoms with Gasteiger partial charge in [-0.1, -0.05) is 12.1 Å². The second kappa shape index (κ2) is 7.80. The van der Waals surface area contributed by atoms with E-state index in [2.05, 4.69) is 30.2 Å². The number of hydrogen-bond acceptors (Lipinski definition) is 5. The minimum atomic E-state index is -0.0260. The SMILES string of the molecule is COc1cccc(CCC(=O)Nc2nc(-c3cc(C)sc3C)cs2)c1. The lowest BCUT2D eigenvalue weighted by Crippen LogP contribution is -2.12. The number of thiazole rings is 1. The van der Waals surface area contributed by atoms with Crippen LogP contribution in [0.4, 0.5) is 5.13 Å². The van der Waals surface area contributed by atoms with Gasteiger partial charge >= 0.3 is 0 Å². The first kappa shape index (κ1) is 17.6. The van der Waals surface area contributed by atoms with E-state index in [0.717, 1.165) is 22.6 Å². The number of aromatic nitrogens is 1. The molecular weight excluding hydrogens is 352 g/mol. The average molecular weight is 373 g/mol. The zero-order valence-corrected chi connectivity index (χ0v) is 16.1. The highest BCUT2D eigenvalue weighted by Gasteiger charge is 2.11. The molecule has 0 fully saturated rings. The predicted octanol–water partition coefficient (Wildman–Crippen LogP) is 5.07. The van der Waals surface area contributed by atoms with Gasteiger partial charge < -0.3 is 10.1 Å². The first-order chi connectivity index (χ1) is 12.0. The fraction of sp³-hybridized carbons (Fsp3) is 0.263. The van der Waals surface area contributed by atoms with Crippen LogP contribution in [-0.2, 0) is 11.2 Å². The van der Waals surface area contributed by atoms with Crippen LogP contribution in [0, 0.1) is 13.8 Å². The third kappa shape index (κ3) is 4.46. The molecule has 25 heavy (non-hydrogen) atoms. The van der Waals surface area contributed by atoms with E-state index in [9.17, 15) is 4.79 Å². The van der Waals surface area contributed by atoms with Crippen LogP contribution >= 0.6 is 22.7 Å². The molecule has 0 saturated heterocycles. The van der Waals surface area contributed by atoms with Gasteiger partial charge in [-0.2, -0.15) is 0 Å². The van der Waals surface area contributed by atoms with Gasteiger partial charge in [0.15, 0.2) is 5.13 Å². The molecule has 0 spiro atoms. The lowest BCUT2D eigenvalue weighted by atomic mass is 10.1. The van der Waals surface area contributed by atoms with Crippen LogP contribution in [-0.4, -0.2) is 18.0 Å². The number of ether oxygens (including phenoxy) is 1. The number of amides is 1. The van der Waals surface area contributed by atoms with Crippen molar-refractivity contribution in [1.29, 1.82) is 0 Å². The highest BCUT2D eigenvalue weighted by molar-refractivity contribution is 7.14. The topological polar surface area (TPSA) is 51.2 Å². The van der Waals surface area contributed by atoms with Crippen molar-refractivity contribution in [2.75, 3.05) is 12.4 Å². The van der Waals surface area contributed by atoms with E-state index in [1.165, 1.54) is 21.1 Å². The third-order valence-electron chi connectivity index (χ3n) is 3.84. The zero-order chi connectivity index (χ0) is 17.8. The van der Waals surface area contributed by atoms with Crippen molar-refractivity contribution in [2.24, 2.45) is 0 Å². The number of hydrogen-bond donors (Lipinski definition) is 1. The minimum absolute atomic E-state index is 0.0260. The molecule has 1 N–H and O–H groups in total. The Kier molecular flexibility index (Phi) is 5.50. The zero-order valence-electron chi connectivity index (χ0n) is 14.5. The van der Waals surface area contributed by atoms with Gasteiger partial charge in [0.2, 0.25) is 5.91 Å². The highest BCUT2D eigenvalue weighted by Crippen LogP contribution is 2.32. The summed E-state index contributed by atoms with van der Waals surface area (Å²) in [5.41, 5.74) is 3.16. The van der Waals surface area contributed by atoms with Crippen LogP contribution in [0.25, 0.3) is 11.3 Å². The summed E-state index contributed by atoms with van der Waals surface area (Å²) in [5, 5.41) is 5.54. The van der Waals surface area contributed by atoms with E-state index in [-0.39, 0.29) is 5.91 Å². The van der Waals surface area contributed by atoms with Gasteiger partial charge in [-0.3, -0.25) is 4.79 Å². The normalized spacial score (nSPS) is 10.7. The van der Waals surface area contributed by atoms with Crippen molar-refractivity contribution in [2.45, 2.75) is 26.7 Å². The number of carbonyl (C=O) groups excluding carboxylic acids is 1. The smallest absolute Gasteiger partial charge is 0.226 e. The van der Waals surface area contributed by atoms with Crippen molar-refractivity contribution in [1.82, 2.24) is 4.98 Å². The summed E-state index contributed by atoms with van der Waals surface area (Å²) in [7, 11) is 1.64. The molecule has 0 aliphatic rings. The standard InChI is InChI=1S/C19H20N2O2S2/c1-12-9-16(13(2)25-12)17-11-24-19(20-17)21-18(22)8-7-14-5-4-6-15(10-14)23-3/h4-6,9-11H,7-8H2,1-3H3,(H,20,21,22). The quantitative estimate of drug-likeness (QED) is 0.657. The number of methoxy groups -OCH3 is 1. The van der Waals surface area contributed by atoms with Crippen molar-refractivity contribution >= 4 is 33.7 Å². The van der Waals surface area contributed by atoms with Gasteiger partial charge in [0, 0.05) is 27.1 Å².